The van der Waals surface area contributed by atoms with Gasteiger partial charge in [0, 0.05) is 21.7 Å². The van der Waals surface area contributed by atoms with E-state index < -0.39 is 18.0 Å². The molecule has 0 radical (unpaired) electrons. The van der Waals surface area contributed by atoms with Gasteiger partial charge in [0.25, 0.3) is 5.91 Å². The van der Waals surface area contributed by atoms with Gasteiger partial charge < -0.3 is 19.5 Å². The van der Waals surface area contributed by atoms with Gasteiger partial charge in [-0.1, -0.05) is 11.6 Å². The zero-order chi connectivity index (χ0) is 19.2. The topological polar surface area (TPSA) is 73.9 Å². The second kappa shape index (κ2) is 9.01. The molecule has 2 aromatic rings. The van der Waals surface area contributed by atoms with Crippen LogP contribution >= 0.6 is 23.4 Å². The van der Waals surface area contributed by atoms with Gasteiger partial charge in [0.2, 0.25) is 0 Å². The van der Waals surface area contributed by atoms with E-state index in [1.165, 1.54) is 18.7 Å². The van der Waals surface area contributed by atoms with Crippen molar-refractivity contribution < 1.29 is 23.8 Å². The number of halogens is 1. The Kier molecular flexibility index (Phi) is 6.47. The lowest BCUT2D eigenvalue weighted by molar-refractivity contribution is -0.150. The van der Waals surface area contributed by atoms with E-state index in [1.54, 1.807) is 30.3 Å². The third-order valence-electron chi connectivity index (χ3n) is 3.66. The molecule has 3 rings (SSSR count). The van der Waals surface area contributed by atoms with Crippen molar-refractivity contribution in [1.82, 2.24) is 0 Å². The first kappa shape index (κ1) is 19.4. The van der Waals surface area contributed by atoms with Crippen molar-refractivity contribution >= 4 is 40.9 Å². The van der Waals surface area contributed by atoms with Crippen LogP contribution in [0.5, 0.6) is 11.5 Å². The molecule has 0 fully saturated rings. The van der Waals surface area contributed by atoms with Crippen LogP contribution in [0, 0.1) is 0 Å². The molecular formula is C19H18ClNO5S. The standard InChI is InChI=1S/C19H18ClNO5S/c1-12(26-18(22)11-27-15-5-2-13(20)3-6-15)19(23)21-14-4-7-16-17(10-14)25-9-8-24-16/h2-7,10,12H,8-9,11H2,1H3,(H,21,23). The maximum Gasteiger partial charge on any atom is 0.317 e. The Balaban J connectivity index is 1.48. The predicted molar refractivity (Wildman–Crippen MR) is 104 cm³/mol. The second-order valence-corrected chi connectivity index (χ2v) is 7.21. The van der Waals surface area contributed by atoms with Gasteiger partial charge in [-0.3, -0.25) is 9.59 Å². The van der Waals surface area contributed by atoms with E-state index in [4.69, 9.17) is 25.8 Å². The third kappa shape index (κ3) is 5.55. The lowest BCUT2D eigenvalue weighted by atomic mass is 10.2. The number of nitrogens with one attached hydrogen (secondary N) is 1. The van der Waals surface area contributed by atoms with Crippen LogP contribution in [0.1, 0.15) is 6.92 Å². The van der Waals surface area contributed by atoms with Crippen molar-refractivity contribution in [3.8, 4) is 11.5 Å². The maximum absolute atomic E-state index is 12.2. The van der Waals surface area contributed by atoms with Gasteiger partial charge in [-0.25, -0.2) is 0 Å². The number of ether oxygens (including phenoxy) is 3. The van der Waals surface area contributed by atoms with Crippen molar-refractivity contribution in [2.75, 3.05) is 24.3 Å². The number of amides is 1. The molecule has 1 aliphatic rings. The number of esters is 1. The smallest absolute Gasteiger partial charge is 0.317 e. The number of benzene rings is 2. The second-order valence-electron chi connectivity index (χ2n) is 5.72. The van der Waals surface area contributed by atoms with E-state index in [2.05, 4.69) is 5.32 Å². The fraction of sp³-hybridized carbons (Fsp3) is 0.263. The highest BCUT2D eigenvalue weighted by atomic mass is 35.5. The molecule has 0 aromatic heterocycles. The van der Waals surface area contributed by atoms with Gasteiger partial charge in [-0.2, -0.15) is 0 Å². The van der Waals surface area contributed by atoms with Crippen LogP contribution in [0.4, 0.5) is 5.69 Å². The number of hydrogen-bond acceptors (Lipinski definition) is 6. The van der Waals surface area contributed by atoms with Gasteiger partial charge in [-0.15, -0.1) is 11.8 Å². The largest absolute Gasteiger partial charge is 0.486 e. The fourth-order valence-corrected chi connectivity index (χ4v) is 3.13. The van der Waals surface area contributed by atoms with E-state index in [9.17, 15) is 9.59 Å². The monoisotopic (exact) mass is 407 g/mol. The Morgan fingerprint density at radius 1 is 1.15 bits per heavy atom. The van der Waals surface area contributed by atoms with E-state index in [1.807, 2.05) is 12.1 Å². The van der Waals surface area contributed by atoms with Crippen molar-refractivity contribution in [3.05, 3.63) is 47.5 Å². The molecule has 0 saturated heterocycles. The molecule has 0 saturated carbocycles. The Morgan fingerprint density at radius 3 is 2.59 bits per heavy atom. The van der Waals surface area contributed by atoms with Gasteiger partial charge in [-0.05, 0) is 43.3 Å². The summed E-state index contributed by atoms with van der Waals surface area (Å²) in [6.07, 6.45) is -0.920. The average Bonchev–Trinajstić information content (AvgIpc) is 2.67. The first-order chi connectivity index (χ1) is 13.0. The molecule has 0 aliphatic carbocycles. The Morgan fingerprint density at radius 2 is 1.85 bits per heavy atom. The molecule has 1 heterocycles. The molecule has 1 amide bonds. The molecule has 6 nitrogen and oxygen atoms in total. The Hall–Kier alpha value is -2.38. The highest BCUT2D eigenvalue weighted by Crippen LogP contribution is 2.32. The van der Waals surface area contributed by atoms with Crippen molar-refractivity contribution in [2.24, 2.45) is 0 Å². The SMILES string of the molecule is CC(OC(=O)CSc1ccc(Cl)cc1)C(=O)Nc1ccc2c(c1)OCCO2. The van der Waals surface area contributed by atoms with Crippen LogP contribution in [0.25, 0.3) is 0 Å². The summed E-state index contributed by atoms with van der Waals surface area (Å²) in [4.78, 5) is 25.1. The molecular weight excluding hydrogens is 390 g/mol. The molecule has 1 atom stereocenters. The highest BCUT2D eigenvalue weighted by molar-refractivity contribution is 8.00. The summed E-state index contributed by atoms with van der Waals surface area (Å²) in [6.45, 7) is 2.49. The van der Waals surface area contributed by atoms with E-state index >= 15 is 0 Å². The highest BCUT2D eigenvalue weighted by Gasteiger charge is 2.19. The fourth-order valence-electron chi connectivity index (χ4n) is 2.32. The van der Waals surface area contributed by atoms with Gasteiger partial charge >= 0.3 is 5.97 Å². The molecule has 1 aliphatic heterocycles. The molecule has 8 heteroatoms. The van der Waals surface area contributed by atoms with Gasteiger partial charge in [0.15, 0.2) is 17.6 Å². The Labute approximate surface area is 166 Å². The summed E-state index contributed by atoms with van der Waals surface area (Å²) in [6, 6.07) is 12.2. The number of anilines is 1. The molecule has 27 heavy (non-hydrogen) atoms. The lowest BCUT2D eigenvalue weighted by Crippen LogP contribution is -2.30. The summed E-state index contributed by atoms with van der Waals surface area (Å²) in [5.41, 5.74) is 0.544. The minimum atomic E-state index is -0.920. The number of carbonyl (C=O) groups excluding carboxylic acids is 2. The van der Waals surface area contributed by atoms with Crippen molar-refractivity contribution in [3.63, 3.8) is 0 Å². The summed E-state index contributed by atoms with van der Waals surface area (Å²) in [5.74, 6) is 0.417. The van der Waals surface area contributed by atoms with Crippen LogP contribution in [0.3, 0.4) is 0 Å². The quantitative estimate of drug-likeness (QED) is 0.580. The first-order valence-corrected chi connectivity index (χ1v) is 9.66. The number of hydrogen-bond donors (Lipinski definition) is 1. The minimum absolute atomic E-state index is 0.100. The third-order valence-corrected chi connectivity index (χ3v) is 4.90. The van der Waals surface area contributed by atoms with Crippen LogP contribution in [-0.2, 0) is 14.3 Å². The first-order valence-electron chi connectivity index (χ1n) is 8.29. The number of thioether (sulfide) groups is 1. The molecule has 0 bridgehead atoms. The number of carbonyl (C=O) groups is 2. The van der Waals surface area contributed by atoms with Gasteiger partial charge in [0.05, 0.1) is 5.75 Å². The van der Waals surface area contributed by atoms with E-state index in [0.29, 0.717) is 35.4 Å². The molecule has 0 spiro atoms. The maximum atomic E-state index is 12.2. The van der Waals surface area contributed by atoms with Crippen LogP contribution in [0.15, 0.2) is 47.4 Å². The Bertz CT molecular complexity index is 827. The predicted octanol–water partition coefficient (Wildman–Crippen LogP) is 3.77. The van der Waals surface area contributed by atoms with Crippen LogP contribution in [-0.4, -0.2) is 36.9 Å². The van der Waals surface area contributed by atoms with Crippen molar-refractivity contribution in [2.45, 2.75) is 17.9 Å². The zero-order valence-electron chi connectivity index (χ0n) is 14.6. The van der Waals surface area contributed by atoms with Crippen LogP contribution in [0.2, 0.25) is 5.02 Å². The summed E-state index contributed by atoms with van der Waals surface area (Å²) in [5, 5.41) is 3.33. The average molecular weight is 408 g/mol. The summed E-state index contributed by atoms with van der Waals surface area (Å²) in [7, 11) is 0. The van der Waals surface area contributed by atoms with Crippen LogP contribution < -0.4 is 14.8 Å². The van der Waals surface area contributed by atoms with E-state index in [0.717, 1.165) is 4.90 Å². The summed E-state index contributed by atoms with van der Waals surface area (Å²) < 4.78 is 16.1. The minimum Gasteiger partial charge on any atom is -0.486 e. The zero-order valence-corrected chi connectivity index (χ0v) is 16.1. The van der Waals surface area contributed by atoms with Gasteiger partial charge in [0.1, 0.15) is 13.2 Å². The number of rotatable bonds is 6. The molecule has 1 N–H and O–H groups in total. The summed E-state index contributed by atoms with van der Waals surface area (Å²) >= 11 is 7.14. The normalized spacial score (nSPS) is 13.6. The molecule has 2 aromatic carbocycles. The number of fused-ring (bicyclic) bond motifs is 1. The molecule has 1 unspecified atom stereocenters. The molecule has 142 valence electrons. The lowest BCUT2D eigenvalue weighted by Gasteiger charge is -2.19. The van der Waals surface area contributed by atoms with Crippen molar-refractivity contribution in [1.29, 1.82) is 0 Å². The van der Waals surface area contributed by atoms with E-state index in [-0.39, 0.29) is 5.75 Å².